The van der Waals surface area contributed by atoms with E-state index in [0.717, 1.165) is 21.9 Å². The molecule has 1 heteroatoms. The van der Waals surface area contributed by atoms with Crippen LogP contribution in [0, 0.1) is 0 Å². The summed E-state index contributed by atoms with van der Waals surface area (Å²) in [7, 11) is 0. The first-order valence-corrected chi connectivity index (χ1v) is 14.8. The van der Waals surface area contributed by atoms with Gasteiger partial charge in [-0.15, -0.1) is 0 Å². The van der Waals surface area contributed by atoms with Gasteiger partial charge in [-0.05, 0) is 83.9 Å². The SMILES string of the molecule is c1ccc(-c2ccc3c(-c4cccc5ccccc45)c4ccccc4c(-c4cccc5oc6ccccc6c45)c3c2)cc1. The Morgan fingerprint density at radius 3 is 1.74 bits per heavy atom. The standard InChI is InChI=1S/C42H26O/c1-2-12-27(13-3-1)29-24-25-34-37(26-29)41(36-21-11-23-39-42(36)35-19-8-9-22-38(35)43-39)33-18-7-6-17-32(33)40(34)31-20-10-15-28-14-4-5-16-30(28)31/h1-26H. The van der Waals surface area contributed by atoms with Gasteiger partial charge in [0.2, 0.25) is 0 Å². The lowest BCUT2D eigenvalue weighted by molar-refractivity contribution is 0.669. The van der Waals surface area contributed by atoms with Gasteiger partial charge in [-0.1, -0.05) is 140 Å². The van der Waals surface area contributed by atoms with Crippen LogP contribution in [0.1, 0.15) is 0 Å². The van der Waals surface area contributed by atoms with Gasteiger partial charge in [0.05, 0.1) is 0 Å². The Bertz CT molecular complexity index is 2490. The van der Waals surface area contributed by atoms with E-state index < -0.39 is 0 Å². The molecule has 1 heterocycles. The van der Waals surface area contributed by atoms with Crippen molar-refractivity contribution in [2.45, 2.75) is 0 Å². The van der Waals surface area contributed by atoms with Gasteiger partial charge in [-0.3, -0.25) is 0 Å². The van der Waals surface area contributed by atoms with Crippen molar-refractivity contribution in [1.29, 1.82) is 0 Å². The van der Waals surface area contributed by atoms with Crippen LogP contribution in [0.15, 0.2) is 162 Å². The van der Waals surface area contributed by atoms with Gasteiger partial charge < -0.3 is 4.42 Å². The van der Waals surface area contributed by atoms with E-state index in [4.69, 9.17) is 4.42 Å². The molecule has 43 heavy (non-hydrogen) atoms. The molecule has 9 rings (SSSR count). The van der Waals surface area contributed by atoms with Crippen molar-refractivity contribution in [3.05, 3.63) is 158 Å². The number of furan rings is 1. The summed E-state index contributed by atoms with van der Waals surface area (Å²) >= 11 is 0. The summed E-state index contributed by atoms with van der Waals surface area (Å²) in [6.07, 6.45) is 0. The van der Waals surface area contributed by atoms with Gasteiger partial charge in [0.1, 0.15) is 11.2 Å². The molecule has 1 aromatic heterocycles. The minimum absolute atomic E-state index is 0.910. The Morgan fingerprint density at radius 1 is 0.326 bits per heavy atom. The first-order valence-electron chi connectivity index (χ1n) is 14.8. The van der Waals surface area contributed by atoms with Gasteiger partial charge >= 0.3 is 0 Å². The first-order chi connectivity index (χ1) is 21.3. The lowest BCUT2D eigenvalue weighted by Crippen LogP contribution is -1.93. The summed E-state index contributed by atoms with van der Waals surface area (Å²) in [4.78, 5) is 0. The van der Waals surface area contributed by atoms with Crippen molar-refractivity contribution in [2.24, 2.45) is 0 Å². The van der Waals surface area contributed by atoms with E-state index in [9.17, 15) is 0 Å². The summed E-state index contributed by atoms with van der Waals surface area (Å²) in [5.74, 6) is 0. The van der Waals surface area contributed by atoms with E-state index >= 15 is 0 Å². The molecule has 0 aliphatic carbocycles. The molecule has 0 unspecified atom stereocenters. The maximum absolute atomic E-state index is 6.37. The van der Waals surface area contributed by atoms with Crippen LogP contribution in [0.5, 0.6) is 0 Å². The fraction of sp³-hybridized carbons (Fsp3) is 0. The highest BCUT2D eigenvalue weighted by molar-refractivity contribution is 6.27. The second-order valence-corrected chi connectivity index (χ2v) is 11.2. The summed E-state index contributed by atoms with van der Waals surface area (Å²) in [5.41, 5.74) is 9.20. The predicted octanol–water partition coefficient (Wildman–Crippen LogP) is 12.0. The molecule has 0 saturated carbocycles. The third kappa shape index (κ3) is 3.65. The molecule has 0 aliphatic rings. The molecule has 0 aliphatic heterocycles. The third-order valence-electron chi connectivity index (χ3n) is 8.86. The van der Waals surface area contributed by atoms with Crippen molar-refractivity contribution >= 4 is 54.3 Å². The molecule has 8 aromatic carbocycles. The highest BCUT2D eigenvalue weighted by Gasteiger charge is 2.21. The van der Waals surface area contributed by atoms with Crippen molar-refractivity contribution < 1.29 is 4.42 Å². The minimum atomic E-state index is 0.910. The monoisotopic (exact) mass is 546 g/mol. The van der Waals surface area contributed by atoms with Gasteiger partial charge in [-0.2, -0.15) is 0 Å². The minimum Gasteiger partial charge on any atom is -0.456 e. The van der Waals surface area contributed by atoms with E-state index in [1.807, 2.05) is 6.07 Å². The van der Waals surface area contributed by atoms with Crippen molar-refractivity contribution in [3.8, 4) is 33.4 Å². The first kappa shape index (κ1) is 24.0. The van der Waals surface area contributed by atoms with Crippen molar-refractivity contribution in [2.75, 3.05) is 0 Å². The third-order valence-corrected chi connectivity index (χ3v) is 8.86. The van der Waals surface area contributed by atoms with Crippen LogP contribution in [-0.2, 0) is 0 Å². The van der Waals surface area contributed by atoms with Crippen LogP contribution in [0.25, 0.3) is 87.6 Å². The number of hydrogen-bond donors (Lipinski definition) is 0. The molecule has 9 aromatic rings. The van der Waals surface area contributed by atoms with Crippen molar-refractivity contribution in [1.82, 2.24) is 0 Å². The van der Waals surface area contributed by atoms with Crippen LogP contribution in [-0.4, -0.2) is 0 Å². The summed E-state index contributed by atoms with van der Waals surface area (Å²) in [6.45, 7) is 0. The number of hydrogen-bond acceptors (Lipinski definition) is 1. The van der Waals surface area contributed by atoms with E-state index in [1.165, 1.54) is 65.7 Å². The van der Waals surface area contributed by atoms with E-state index in [-0.39, 0.29) is 0 Å². The van der Waals surface area contributed by atoms with Crippen LogP contribution >= 0.6 is 0 Å². The quantitative estimate of drug-likeness (QED) is 0.201. The van der Waals surface area contributed by atoms with E-state index in [2.05, 4.69) is 152 Å². The lowest BCUT2D eigenvalue weighted by Gasteiger charge is -2.20. The van der Waals surface area contributed by atoms with Crippen LogP contribution in [0.4, 0.5) is 0 Å². The maximum atomic E-state index is 6.37. The van der Waals surface area contributed by atoms with Crippen LogP contribution in [0.3, 0.4) is 0 Å². The fourth-order valence-electron chi connectivity index (χ4n) is 7.00. The highest BCUT2D eigenvalue weighted by Crippen LogP contribution is 2.48. The molecule has 0 spiro atoms. The van der Waals surface area contributed by atoms with Gasteiger partial charge in [0, 0.05) is 10.8 Å². The molecule has 0 N–H and O–H groups in total. The van der Waals surface area contributed by atoms with Gasteiger partial charge in [0.15, 0.2) is 0 Å². The summed E-state index contributed by atoms with van der Waals surface area (Å²) < 4.78 is 6.37. The Morgan fingerprint density at radius 2 is 0.907 bits per heavy atom. The van der Waals surface area contributed by atoms with E-state index in [1.54, 1.807) is 0 Å². The molecule has 0 amide bonds. The van der Waals surface area contributed by atoms with Gasteiger partial charge in [-0.25, -0.2) is 0 Å². The molecule has 0 bridgehead atoms. The average Bonchev–Trinajstić information content (AvgIpc) is 3.46. The number of benzene rings is 8. The molecule has 0 saturated heterocycles. The zero-order chi connectivity index (χ0) is 28.3. The maximum Gasteiger partial charge on any atom is 0.136 e. The molecule has 1 nitrogen and oxygen atoms in total. The second-order valence-electron chi connectivity index (χ2n) is 11.2. The van der Waals surface area contributed by atoms with Crippen molar-refractivity contribution in [3.63, 3.8) is 0 Å². The van der Waals surface area contributed by atoms with E-state index in [0.29, 0.717) is 0 Å². The largest absolute Gasteiger partial charge is 0.456 e. The van der Waals surface area contributed by atoms with Crippen LogP contribution < -0.4 is 0 Å². The smallest absolute Gasteiger partial charge is 0.136 e. The Labute approximate surface area is 249 Å². The molecule has 0 radical (unpaired) electrons. The number of para-hydroxylation sites is 1. The Kier molecular flexibility index (Phi) is 5.27. The topological polar surface area (TPSA) is 13.1 Å². The average molecular weight is 547 g/mol. The summed E-state index contributed by atoms with van der Waals surface area (Å²) in [6, 6.07) is 56.8. The molecular weight excluding hydrogens is 520 g/mol. The van der Waals surface area contributed by atoms with Crippen LogP contribution in [0.2, 0.25) is 0 Å². The molecule has 0 fully saturated rings. The second kappa shape index (κ2) is 9.44. The van der Waals surface area contributed by atoms with Gasteiger partial charge in [0.25, 0.3) is 0 Å². The fourth-order valence-corrected chi connectivity index (χ4v) is 7.00. The molecule has 0 atom stereocenters. The molecule has 200 valence electrons. The lowest BCUT2D eigenvalue weighted by atomic mass is 9.83. The number of fused-ring (bicyclic) bond motifs is 6. The zero-order valence-electron chi connectivity index (χ0n) is 23.4. The number of rotatable bonds is 3. The summed E-state index contributed by atoms with van der Waals surface area (Å²) in [5, 5.41) is 9.78. The Balaban J connectivity index is 1.50. The predicted molar refractivity (Wildman–Crippen MR) is 183 cm³/mol. The highest BCUT2D eigenvalue weighted by atomic mass is 16.3. The molecular formula is C42H26O. The normalized spacial score (nSPS) is 11.7. The zero-order valence-corrected chi connectivity index (χ0v) is 23.4. The Hall–Kier alpha value is -5.66.